The van der Waals surface area contributed by atoms with Crippen molar-refractivity contribution in [2.45, 2.75) is 59.0 Å². The fourth-order valence-electron chi connectivity index (χ4n) is 2.93. The van der Waals surface area contributed by atoms with Crippen LogP contribution in [0.4, 0.5) is 0 Å². The van der Waals surface area contributed by atoms with Crippen LogP contribution in [-0.2, 0) is 4.79 Å². The van der Waals surface area contributed by atoms with E-state index in [0.717, 1.165) is 25.8 Å². The van der Waals surface area contributed by atoms with Gasteiger partial charge in [0.2, 0.25) is 5.91 Å². The molecule has 22 heavy (non-hydrogen) atoms. The predicted molar refractivity (Wildman–Crippen MR) is 83.5 cm³/mol. The Morgan fingerprint density at radius 3 is 2.50 bits per heavy atom. The van der Waals surface area contributed by atoms with Gasteiger partial charge < -0.3 is 10.2 Å². The van der Waals surface area contributed by atoms with Gasteiger partial charge in [-0.05, 0) is 47.0 Å². The van der Waals surface area contributed by atoms with E-state index in [1.807, 2.05) is 4.90 Å². The van der Waals surface area contributed by atoms with Gasteiger partial charge in [-0.3, -0.25) is 9.59 Å². The first-order valence-electron chi connectivity index (χ1n) is 7.81. The largest absolute Gasteiger partial charge is 0.340 e. The van der Waals surface area contributed by atoms with Crippen molar-refractivity contribution in [1.29, 1.82) is 0 Å². The lowest BCUT2D eigenvalue weighted by molar-refractivity contribution is -0.136. The second-order valence-electron chi connectivity index (χ2n) is 5.99. The SMILES string of the molecule is Cc1ncnc(C)c1C(=O)NC(C)C(=O)N1CCCCC1C. The number of nitrogens with one attached hydrogen (secondary N) is 1. The highest BCUT2D eigenvalue weighted by Crippen LogP contribution is 2.17. The highest BCUT2D eigenvalue weighted by atomic mass is 16.2. The Bertz CT molecular complexity index is 553. The topological polar surface area (TPSA) is 75.2 Å². The lowest BCUT2D eigenvalue weighted by Crippen LogP contribution is -2.51. The van der Waals surface area contributed by atoms with E-state index in [4.69, 9.17) is 0 Å². The molecule has 0 aliphatic carbocycles. The fourth-order valence-corrected chi connectivity index (χ4v) is 2.93. The fraction of sp³-hybridized carbons (Fsp3) is 0.625. The van der Waals surface area contributed by atoms with Crippen LogP contribution in [-0.4, -0.2) is 45.3 Å². The van der Waals surface area contributed by atoms with Gasteiger partial charge in [-0.1, -0.05) is 0 Å². The van der Waals surface area contributed by atoms with Gasteiger partial charge in [-0.2, -0.15) is 0 Å². The van der Waals surface area contributed by atoms with Gasteiger partial charge >= 0.3 is 0 Å². The third-order valence-corrected chi connectivity index (χ3v) is 4.26. The number of aryl methyl sites for hydroxylation is 2. The average molecular weight is 304 g/mol. The summed E-state index contributed by atoms with van der Waals surface area (Å²) in [6.45, 7) is 8.10. The van der Waals surface area contributed by atoms with Crippen molar-refractivity contribution >= 4 is 11.8 Å². The molecule has 2 atom stereocenters. The first-order valence-corrected chi connectivity index (χ1v) is 7.81. The molecule has 1 aromatic heterocycles. The Balaban J connectivity index is 2.06. The molecule has 0 saturated carbocycles. The highest BCUT2D eigenvalue weighted by molar-refractivity contribution is 5.99. The molecule has 6 heteroatoms. The molecule has 2 heterocycles. The zero-order valence-corrected chi connectivity index (χ0v) is 13.7. The molecule has 2 unspecified atom stereocenters. The summed E-state index contributed by atoms with van der Waals surface area (Å²) in [4.78, 5) is 34.9. The van der Waals surface area contributed by atoms with Gasteiger partial charge in [0, 0.05) is 12.6 Å². The summed E-state index contributed by atoms with van der Waals surface area (Å²) in [6.07, 6.45) is 4.65. The Hall–Kier alpha value is -1.98. The minimum absolute atomic E-state index is 0.0206. The third kappa shape index (κ3) is 3.43. The van der Waals surface area contributed by atoms with Crippen LogP contribution in [0.2, 0.25) is 0 Å². The van der Waals surface area contributed by atoms with Crippen LogP contribution in [0.15, 0.2) is 6.33 Å². The highest BCUT2D eigenvalue weighted by Gasteiger charge is 2.28. The first kappa shape index (κ1) is 16.4. The van der Waals surface area contributed by atoms with Crippen molar-refractivity contribution in [2.24, 2.45) is 0 Å². The number of amides is 2. The lowest BCUT2D eigenvalue weighted by Gasteiger charge is -2.35. The maximum atomic E-state index is 12.5. The molecule has 2 rings (SSSR count). The predicted octanol–water partition coefficient (Wildman–Crippen LogP) is 1.61. The molecular formula is C16H24N4O2. The molecule has 0 radical (unpaired) electrons. The van der Waals surface area contributed by atoms with E-state index in [1.165, 1.54) is 6.33 Å². The number of likely N-dealkylation sites (tertiary alicyclic amines) is 1. The molecule has 1 aliphatic rings. The van der Waals surface area contributed by atoms with E-state index in [9.17, 15) is 9.59 Å². The number of carbonyl (C=O) groups is 2. The molecule has 1 fully saturated rings. The Morgan fingerprint density at radius 2 is 1.91 bits per heavy atom. The average Bonchev–Trinajstić information content (AvgIpc) is 2.46. The van der Waals surface area contributed by atoms with Crippen molar-refractivity contribution in [1.82, 2.24) is 20.2 Å². The van der Waals surface area contributed by atoms with Crippen LogP contribution in [0.5, 0.6) is 0 Å². The number of hydrogen-bond donors (Lipinski definition) is 1. The molecule has 1 aromatic rings. The normalized spacial score (nSPS) is 19.6. The van der Waals surface area contributed by atoms with Crippen LogP contribution >= 0.6 is 0 Å². The summed E-state index contributed by atoms with van der Waals surface area (Å²) < 4.78 is 0. The zero-order valence-electron chi connectivity index (χ0n) is 13.7. The zero-order chi connectivity index (χ0) is 16.3. The van der Waals surface area contributed by atoms with E-state index in [1.54, 1.807) is 20.8 Å². The van der Waals surface area contributed by atoms with E-state index in [0.29, 0.717) is 17.0 Å². The summed E-state index contributed by atoms with van der Waals surface area (Å²) in [5.74, 6) is -0.311. The summed E-state index contributed by atoms with van der Waals surface area (Å²) >= 11 is 0. The van der Waals surface area contributed by atoms with E-state index >= 15 is 0 Å². The van der Waals surface area contributed by atoms with Crippen LogP contribution in [0.3, 0.4) is 0 Å². The number of rotatable bonds is 3. The Morgan fingerprint density at radius 1 is 1.27 bits per heavy atom. The van der Waals surface area contributed by atoms with Crippen molar-refractivity contribution in [3.8, 4) is 0 Å². The molecule has 1 N–H and O–H groups in total. The van der Waals surface area contributed by atoms with Crippen molar-refractivity contribution in [3.05, 3.63) is 23.3 Å². The van der Waals surface area contributed by atoms with Crippen LogP contribution in [0.1, 0.15) is 54.9 Å². The summed E-state index contributed by atoms with van der Waals surface area (Å²) in [7, 11) is 0. The summed E-state index contributed by atoms with van der Waals surface area (Å²) in [6, 6.07) is -0.309. The molecule has 0 aromatic carbocycles. The van der Waals surface area contributed by atoms with Crippen LogP contribution in [0, 0.1) is 13.8 Å². The Kier molecular flexibility index (Phi) is 5.11. The van der Waals surface area contributed by atoms with Crippen molar-refractivity contribution in [2.75, 3.05) is 6.54 Å². The first-order chi connectivity index (χ1) is 10.4. The van der Waals surface area contributed by atoms with Gasteiger partial charge in [0.15, 0.2) is 0 Å². The molecule has 120 valence electrons. The molecule has 1 aliphatic heterocycles. The summed E-state index contributed by atoms with van der Waals surface area (Å²) in [5, 5.41) is 2.79. The Labute approximate surface area is 131 Å². The lowest BCUT2D eigenvalue weighted by atomic mass is 10.0. The van der Waals surface area contributed by atoms with Crippen molar-refractivity contribution in [3.63, 3.8) is 0 Å². The van der Waals surface area contributed by atoms with Crippen LogP contribution in [0.25, 0.3) is 0 Å². The van der Waals surface area contributed by atoms with Gasteiger partial charge in [-0.25, -0.2) is 9.97 Å². The van der Waals surface area contributed by atoms with E-state index in [2.05, 4.69) is 22.2 Å². The molecule has 1 saturated heterocycles. The number of nitrogens with zero attached hydrogens (tertiary/aromatic N) is 3. The quantitative estimate of drug-likeness (QED) is 0.920. The minimum atomic E-state index is -0.549. The number of carbonyl (C=O) groups excluding carboxylic acids is 2. The van der Waals surface area contributed by atoms with E-state index < -0.39 is 6.04 Å². The maximum absolute atomic E-state index is 12.5. The van der Waals surface area contributed by atoms with Crippen molar-refractivity contribution < 1.29 is 9.59 Å². The number of hydrogen-bond acceptors (Lipinski definition) is 4. The van der Waals surface area contributed by atoms with Gasteiger partial charge in [-0.15, -0.1) is 0 Å². The van der Waals surface area contributed by atoms with E-state index in [-0.39, 0.29) is 17.9 Å². The standard InChI is InChI=1S/C16H24N4O2/c1-10-7-5-6-8-20(10)16(22)13(4)19-15(21)14-11(2)17-9-18-12(14)3/h9-10,13H,5-8H2,1-4H3,(H,19,21). The van der Waals surface area contributed by atoms with Gasteiger partial charge in [0.1, 0.15) is 12.4 Å². The second kappa shape index (κ2) is 6.85. The van der Waals surface area contributed by atoms with Gasteiger partial charge in [0.25, 0.3) is 5.91 Å². The molecule has 2 amide bonds. The molecule has 0 spiro atoms. The molecular weight excluding hydrogens is 280 g/mol. The minimum Gasteiger partial charge on any atom is -0.340 e. The smallest absolute Gasteiger partial charge is 0.255 e. The summed E-state index contributed by atoms with van der Waals surface area (Å²) in [5.41, 5.74) is 1.70. The molecule has 0 bridgehead atoms. The number of aromatic nitrogens is 2. The molecule has 6 nitrogen and oxygen atoms in total. The number of piperidine rings is 1. The van der Waals surface area contributed by atoms with Crippen LogP contribution < -0.4 is 5.32 Å². The second-order valence-corrected chi connectivity index (χ2v) is 5.99. The third-order valence-electron chi connectivity index (χ3n) is 4.26. The maximum Gasteiger partial charge on any atom is 0.255 e. The monoisotopic (exact) mass is 304 g/mol. The van der Waals surface area contributed by atoms with Gasteiger partial charge in [0.05, 0.1) is 17.0 Å².